The first-order valence-electron chi connectivity index (χ1n) is 5.10. The molecule has 0 spiro atoms. The van der Waals surface area contributed by atoms with Crippen molar-refractivity contribution < 1.29 is 33.5 Å². The van der Waals surface area contributed by atoms with Crippen molar-refractivity contribution in [2.45, 2.75) is 37.3 Å². The first-order valence-corrected chi connectivity index (χ1v) is 6.56. The molecule has 0 amide bonds. The molecule has 1 heterocycles. The summed E-state index contributed by atoms with van der Waals surface area (Å²) in [5.74, 6) is 0. The molecule has 1 unspecified atom stereocenters. The Morgan fingerprint density at radius 3 is 2.75 bits per heavy atom. The number of phosphoric acid groups is 1. The van der Waals surface area contributed by atoms with E-state index >= 15 is 0 Å². The summed E-state index contributed by atoms with van der Waals surface area (Å²) in [4.78, 5) is 11.3. The molecular weight excluding hydrogens is 239 g/mol. The minimum absolute atomic E-state index is 0.0739. The van der Waals surface area contributed by atoms with Crippen LogP contribution in [0.4, 0.5) is 0 Å². The zero-order valence-electron chi connectivity index (χ0n) is 8.52. The SMILES string of the molecule is O=P1([O-])OCCO[C@@H]2C[C@H](O)C[C@@H](O)[C@H]2O1. The van der Waals surface area contributed by atoms with Gasteiger partial charge in [-0.1, -0.05) is 0 Å². The summed E-state index contributed by atoms with van der Waals surface area (Å²) in [6.45, 7) is -0.0214. The highest BCUT2D eigenvalue weighted by Gasteiger charge is 2.41. The van der Waals surface area contributed by atoms with Gasteiger partial charge in [0.05, 0.1) is 31.5 Å². The Morgan fingerprint density at radius 2 is 2.00 bits per heavy atom. The van der Waals surface area contributed by atoms with Crippen LogP contribution in [-0.4, -0.2) is 47.8 Å². The van der Waals surface area contributed by atoms with Crippen LogP contribution in [0.5, 0.6) is 0 Å². The lowest BCUT2D eigenvalue weighted by molar-refractivity contribution is -0.251. The fourth-order valence-corrected chi connectivity index (χ4v) is 2.92. The number of hydrogen-bond acceptors (Lipinski definition) is 7. The average Bonchev–Trinajstić information content (AvgIpc) is 2.15. The molecule has 1 aliphatic heterocycles. The monoisotopic (exact) mass is 253 g/mol. The third kappa shape index (κ3) is 2.81. The van der Waals surface area contributed by atoms with Crippen LogP contribution in [0.3, 0.4) is 0 Å². The Hall–Kier alpha value is -0.0100. The number of hydrogen-bond donors (Lipinski definition) is 2. The van der Waals surface area contributed by atoms with Gasteiger partial charge < -0.3 is 28.9 Å². The molecule has 2 fully saturated rings. The van der Waals surface area contributed by atoms with E-state index in [1.54, 1.807) is 0 Å². The maximum atomic E-state index is 11.3. The Bertz CT molecular complexity index is 296. The second-order valence-electron chi connectivity index (χ2n) is 3.95. The maximum absolute atomic E-state index is 11.3. The largest absolute Gasteiger partial charge is 0.756 e. The van der Waals surface area contributed by atoms with Gasteiger partial charge >= 0.3 is 0 Å². The molecule has 0 bridgehead atoms. The number of ether oxygens (including phenoxy) is 1. The lowest BCUT2D eigenvalue weighted by Crippen LogP contribution is -2.50. The van der Waals surface area contributed by atoms with Crippen LogP contribution in [0.25, 0.3) is 0 Å². The molecule has 0 aromatic heterocycles. The van der Waals surface area contributed by atoms with Crippen molar-refractivity contribution in [2.24, 2.45) is 0 Å². The number of fused-ring (bicyclic) bond motifs is 1. The fourth-order valence-electron chi connectivity index (χ4n) is 1.99. The third-order valence-corrected chi connectivity index (χ3v) is 3.68. The van der Waals surface area contributed by atoms with Gasteiger partial charge in [0.25, 0.3) is 7.82 Å². The molecule has 5 atom stereocenters. The Kier molecular flexibility index (Phi) is 3.65. The fraction of sp³-hybridized carbons (Fsp3) is 1.00. The van der Waals surface area contributed by atoms with Gasteiger partial charge in [-0.15, -0.1) is 0 Å². The van der Waals surface area contributed by atoms with Crippen molar-refractivity contribution in [3.05, 3.63) is 0 Å². The van der Waals surface area contributed by atoms with Crippen molar-refractivity contribution in [3.63, 3.8) is 0 Å². The molecule has 94 valence electrons. The molecule has 2 rings (SSSR count). The molecule has 2 N–H and O–H groups in total. The molecular formula is C8H14O7P-. The van der Waals surface area contributed by atoms with Crippen LogP contribution in [0.1, 0.15) is 12.8 Å². The molecule has 16 heavy (non-hydrogen) atoms. The van der Waals surface area contributed by atoms with Crippen molar-refractivity contribution in [2.75, 3.05) is 13.2 Å². The van der Waals surface area contributed by atoms with E-state index < -0.39 is 32.2 Å². The number of rotatable bonds is 0. The van der Waals surface area contributed by atoms with Gasteiger partial charge in [-0.3, -0.25) is 4.57 Å². The predicted octanol–water partition coefficient (Wildman–Crippen LogP) is -1.23. The maximum Gasteiger partial charge on any atom is 0.268 e. The quantitative estimate of drug-likeness (QED) is 0.520. The van der Waals surface area contributed by atoms with Crippen molar-refractivity contribution in [1.82, 2.24) is 0 Å². The van der Waals surface area contributed by atoms with Crippen molar-refractivity contribution in [1.29, 1.82) is 0 Å². The van der Waals surface area contributed by atoms with Gasteiger partial charge in [0.15, 0.2) is 0 Å². The summed E-state index contributed by atoms with van der Waals surface area (Å²) in [6.07, 6.45) is -3.06. The van der Waals surface area contributed by atoms with Gasteiger partial charge in [-0.2, -0.15) is 0 Å². The summed E-state index contributed by atoms with van der Waals surface area (Å²) in [6, 6.07) is 0. The summed E-state index contributed by atoms with van der Waals surface area (Å²) in [5.41, 5.74) is 0. The second-order valence-corrected chi connectivity index (χ2v) is 5.32. The van der Waals surface area contributed by atoms with E-state index in [9.17, 15) is 19.7 Å². The number of aliphatic hydroxyl groups excluding tert-OH is 2. The zero-order chi connectivity index (χ0) is 11.8. The normalized spacial score (nSPS) is 50.2. The summed E-state index contributed by atoms with van der Waals surface area (Å²) in [5, 5.41) is 19.1. The van der Waals surface area contributed by atoms with E-state index in [1.165, 1.54) is 0 Å². The second kappa shape index (κ2) is 4.70. The zero-order valence-corrected chi connectivity index (χ0v) is 9.42. The van der Waals surface area contributed by atoms with Crippen LogP contribution >= 0.6 is 7.82 Å². The Labute approximate surface area is 92.6 Å². The first kappa shape index (κ1) is 12.4. The first-order chi connectivity index (χ1) is 7.48. The highest BCUT2D eigenvalue weighted by molar-refractivity contribution is 7.45. The lowest BCUT2D eigenvalue weighted by atomic mass is 9.90. The minimum Gasteiger partial charge on any atom is -0.756 e. The number of phosphoric ester groups is 1. The van der Waals surface area contributed by atoms with Gasteiger partial charge in [0, 0.05) is 12.8 Å². The van der Waals surface area contributed by atoms with E-state index in [2.05, 4.69) is 4.52 Å². The minimum atomic E-state index is -4.38. The van der Waals surface area contributed by atoms with E-state index in [4.69, 9.17) is 9.26 Å². The molecule has 8 heteroatoms. The van der Waals surface area contributed by atoms with Crippen molar-refractivity contribution >= 4 is 7.82 Å². The summed E-state index contributed by atoms with van der Waals surface area (Å²) >= 11 is 0. The predicted molar refractivity (Wildman–Crippen MR) is 49.4 cm³/mol. The molecule has 0 aromatic carbocycles. The van der Waals surface area contributed by atoms with Crippen LogP contribution in [-0.2, 0) is 18.3 Å². The van der Waals surface area contributed by atoms with Crippen molar-refractivity contribution in [3.8, 4) is 0 Å². The summed E-state index contributed by atoms with van der Waals surface area (Å²) in [7, 11) is -4.38. The van der Waals surface area contributed by atoms with Crippen LogP contribution < -0.4 is 4.89 Å². The molecule has 1 saturated heterocycles. The van der Waals surface area contributed by atoms with Crippen LogP contribution in [0, 0.1) is 0 Å². The van der Waals surface area contributed by atoms with E-state index in [-0.39, 0.29) is 26.1 Å². The Balaban J connectivity index is 2.13. The molecule has 2 aliphatic rings. The molecule has 1 saturated carbocycles. The van der Waals surface area contributed by atoms with E-state index in [1.807, 2.05) is 0 Å². The molecule has 0 radical (unpaired) electrons. The molecule has 0 aromatic rings. The smallest absolute Gasteiger partial charge is 0.268 e. The highest BCUT2D eigenvalue weighted by atomic mass is 31.2. The van der Waals surface area contributed by atoms with Gasteiger partial charge in [-0.05, 0) is 0 Å². The highest BCUT2D eigenvalue weighted by Crippen LogP contribution is 2.44. The topological polar surface area (TPSA) is 108 Å². The average molecular weight is 253 g/mol. The standard InChI is InChI=1S/C8H15O7P/c9-5-3-6(10)8-7(4-5)13-1-2-14-16(11,12)15-8/h5-10H,1-4H2,(H,11,12)/p-1/t5-,6-,7-,8-/m1/s1. The van der Waals surface area contributed by atoms with Crippen LogP contribution in [0.15, 0.2) is 0 Å². The van der Waals surface area contributed by atoms with Gasteiger partial charge in [-0.25, -0.2) is 0 Å². The van der Waals surface area contributed by atoms with Gasteiger partial charge in [0.2, 0.25) is 0 Å². The Morgan fingerprint density at radius 1 is 1.25 bits per heavy atom. The van der Waals surface area contributed by atoms with E-state index in [0.29, 0.717) is 0 Å². The third-order valence-electron chi connectivity index (χ3n) is 2.68. The van der Waals surface area contributed by atoms with Crippen LogP contribution in [0.2, 0.25) is 0 Å². The summed E-state index contributed by atoms with van der Waals surface area (Å²) < 4.78 is 25.8. The van der Waals surface area contributed by atoms with Gasteiger partial charge in [0.1, 0.15) is 6.10 Å². The molecule has 1 aliphatic carbocycles. The molecule has 7 nitrogen and oxygen atoms in total. The van der Waals surface area contributed by atoms with E-state index in [0.717, 1.165) is 0 Å². The number of aliphatic hydroxyl groups is 2. The lowest BCUT2D eigenvalue weighted by Gasteiger charge is -2.41.